The van der Waals surface area contributed by atoms with E-state index < -0.39 is 0 Å². The second-order valence-corrected chi connectivity index (χ2v) is 38.2. The summed E-state index contributed by atoms with van der Waals surface area (Å²) in [7, 11) is 0. The molecule has 0 amide bonds. The molecule has 0 saturated carbocycles. The lowest BCUT2D eigenvalue weighted by Gasteiger charge is -2.07. The second-order valence-electron chi connectivity index (χ2n) is 31.5. The van der Waals surface area contributed by atoms with Crippen molar-refractivity contribution >= 4 is 147 Å². The molecular formula is C104H80N12O7S7. The average molecular weight is 1830 g/mol. The van der Waals surface area contributed by atoms with Crippen LogP contribution in [0, 0.1) is 83.1 Å². The fourth-order valence-corrected chi connectivity index (χ4v) is 20.6. The molecule has 14 heterocycles. The minimum Gasteiger partial charge on any atom is -0.461 e. The van der Waals surface area contributed by atoms with Gasteiger partial charge in [0.25, 0.3) is 0 Å². The van der Waals surface area contributed by atoms with E-state index in [1.54, 1.807) is 45.3 Å². The smallest absolute Gasteiger partial charge is 0.146 e. The third kappa shape index (κ3) is 18.0. The average Bonchev–Trinajstić information content (AvgIpc) is 1.71. The van der Waals surface area contributed by atoms with E-state index in [9.17, 15) is 0 Å². The van der Waals surface area contributed by atoms with Gasteiger partial charge >= 0.3 is 0 Å². The molecule has 0 spiro atoms. The molecule has 0 unspecified atom stereocenters. The first-order chi connectivity index (χ1) is 63.3. The van der Waals surface area contributed by atoms with Gasteiger partial charge in [-0.05, 0) is 258 Å². The second kappa shape index (κ2) is 37.2. The number of benzene rings is 10. The number of hydrogen-bond donors (Lipinski definition) is 0. The zero-order chi connectivity index (χ0) is 89.2. The van der Waals surface area contributed by atoms with Crippen LogP contribution in [0.15, 0.2) is 298 Å². The Hall–Kier alpha value is -14.2. The van der Waals surface area contributed by atoms with Gasteiger partial charge in [0.2, 0.25) is 0 Å². The molecule has 0 radical (unpaired) electrons. The molecule has 0 aliphatic rings. The van der Waals surface area contributed by atoms with Gasteiger partial charge < -0.3 is 17.7 Å². The van der Waals surface area contributed by atoms with Crippen LogP contribution in [0.5, 0.6) is 0 Å². The highest BCUT2D eigenvalue weighted by Gasteiger charge is 2.24. The van der Waals surface area contributed by atoms with Gasteiger partial charge in [-0.2, -0.15) is 26.2 Å². The van der Waals surface area contributed by atoms with Gasteiger partial charge in [0.05, 0.1) is 35.2 Å². The monoisotopic (exact) mass is 1830 g/mol. The van der Waals surface area contributed by atoms with Crippen LogP contribution in [-0.4, -0.2) is 57.2 Å². The molecule has 24 rings (SSSR count). The summed E-state index contributed by atoms with van der Waals surface area (Å²) in [6, 6.07) is 91.5. The third-order valence-electron chi connectivity index (χ3n) is 22.0. The predicted octanol–water partition coefficient (Wildman–Crippen LogP) is 31.1. The van der Waals surface area contributed by atoms with Crippen molar-refractivity contribution in [1.82, 2.24) is 57.2 Å². The Kier molecular flexibility index (Phi) is 24.4. The van der Waals surface area contributed by atoms with Crippen LogP contribution in [0.3, 0.4) is 0 Å². The minimum absolute atomic E-state index is 0.663. The summed E-state index contributed by atoms with van der Waals surface area (Å²) in [4.78, 5) is 10.1. The van der Waals surface area contributed by atoms with Gasteiger partial charge in [0.15, 0.2) is 0 Å². The van der Waals surface area contributed by atoms with Gasteiger partial charge in [0.1, 0.15) is 112 Å². The standard InChI is InChI=1S/C20H16N2O.C20H16N2S.C16H12N2O3.C16H12N2O2S.C16H12N2OS2.C16H12N2S3/c2*1-13-3-7-15(8-4-13)17-11-12-18(20-19(17)21-23-22-20)16-9-5-14(2)6-10-16;2*1-9-3-7-13(19-9)11-5-6-12(14-8-4-10(2)20-14)16-15(11)17-21-18-16;1-9-3-7-13(20-9)11-5-6-12(14-8-4-10(2)21-14)16-15(11)17-19-18-16;1-9-3-7-13(19-9)11-5-6-12(14-8-4-10(2)20-14)16-15(11)17-21-18-16/h2*3-12H,1-2H3;4*3-8H,1-2H3. The quantitative estimate of drug-likeness (QED) is 0.110. The Morgan fingerprint density at radius 3 is 0.577 bits per heavy atom. The van der Waals surface area contributed by atoms with E-state index in [4.69, 9.17) is 31.6 Å². The molecule has 24 aromatic rings. The van der Waals surface area contributed by atoms with E-state index in [-0.39, 0.29) is 0 Å². The molecular weight excluding hydrogens is 1750 g/mol. The van der Waals surface area contributed by atoms with Crippen LogP contribution >= 0.6 is 80.5 Å². The predicted molar refractivity (Wildman–Crippen MR) is 530 cm³/mol. The molecule has 0 atom stereocenters. The summed E-state index contributed by atoms with van der Waals surface area (Å²) in [6.45, 7) is 24.5. The Morgan fingerprint density at radius 2 is 0.354 bits per heavy atom. The molecule has 130 heavy (non-hydrogen) atoms. The summed E-state index contributed by atoms with van der Waals surface area (Å²) in [5.41, 5.74) is 32.4. The van der Waals surface area contributed by atoms with Gasteiger partial charge in [0, 0.05) is 106 Å². The Balaban J connectivity index is 0.000000101. The lowest BCUT2D eigenvalue weighted by atomic mass is 9.97. The number of hydrogen-bond acceptors (Lipinski definition) is 26. The van der Waals surface area contributed by atoms with E-state index in [1.807, 2.05) is 100 Å². The molecule has 0 saturated heterocycles. The SMILES string of the molecule is Cc1ccc(-c2ccc(-c3ccc(C)cc3)c3nonc23)cc1.Cc1ccc(-c2ccc(-c3ccc(C)cc3)c3nsnc23)cc1.Cc1ccc(-c2ccc(-c3ccc(C)o3)c3nonc23)o1.Cc1ccc(-c2ccc(-c3ccc(C)o3)c3nsnc23)o1.Cc1ccc(-c2ccc(-c3ccc(C)s3)c3nonc23)s1.Cc1ccc(-c2ccc(-c3ccc(C)s3)c3nsnc23)s1. The lowest BCUT2D eigenvalue weighted by Crippen LogP contribution is -1.86. The summed E-state index contributed by atoms with van der Waals surface area (Å²) in [5, 5.41) is 24.5. The zero-order valence-electron chi connectivity index (χ0n) is 72.5. The maximum Gasteiger partial charge on any atom is 0.146 e. The molecule has 640 valence electrons. The molecule has 14 aromatic heterocycles. The van der Waals surface area contributed by atoms with Crippen LogP contribution < -0.4 is 0 Å². The van der Waals surface area contributed by atoms with Crippen molar-refractivity contribution in [3.8, 4) is 132 Å². The molecule has 0 aliphatic heterocycles. The summed E-state index contributed by atoms with van der Waals surface area (Å²) in [6.07, 6.45) is 0. The number of nitrogens with zero attached hydrogens (tertiary/aromatic N) is 12. The highest BCUT2D eigenvalue weighted by molar-refractivity contribution is 7.16. The summed E-state index contributed by atoms with van der Waals surface area (Å²) in [5.74, 6) is 6.57. The molecule has 26 heteroatoms. The van der Waals surface area contributed by atoms with Crippen molar-refractivity contribution < 1.29 is 31.6 Å². The van der Waals surface area contributed by atoms with Crippen molar-refractivity contribution in [2.24, 2.45) is 0 Å². The molecule has 19 nitrogen and oxygen atoms in total. The first-order valence-corrected chi connectivity index (χ1v) is 47.1. The van der Waals surface area contributed by atoms with Crippen molar-refractivity contribution in [3.63, 3.8) is 0 Å². The zero-order valence-corrected chi connectivity index (χ0v) is 78.2. The van der Waals surface area contributed by atoms with E-state index in [2.05, 4.69) is 307 Å². The van der Waals surface area contributed by atoms with Crippen LogP contribution in [-0.2, 0) is 0 Å². The summed E-state index contributed by atoms with van der Waals surface area (Å²) >= 11 is 10.9. The van der Waals surface area contributed by atoms with Crippen molar-refractivity contribution in [1.29, 1.82) is 0 Å². The Morgan fingerprint density at radius 1 is 0.169 bits per heavy atom. The van der Waals surface area contributed by atoms with Gasteiger partial charge in [-0.3, -0.25) is 0 Å². The number of aryl methyl sites for hydroxylation is 12. The van der Waals surface area contributed by atoms with Crippen LogP contribution in [0.25, 0.3) is 198 Å². The van der Waals surface area contributed by atoms with Crippen LogP contribution in [0.2, 0.25) is 0 Å². The number of rotatable bonds is 12. The number of furan rings is 4. The van der Waals surface area contributed by atoms with Gasteiger partial charge in [-0.15, -0.1) is 45.3 Å². The van der Waals surface area contributed by atoms with Crippen LogP contribution in [0.4, 0.5) is 0 Å². The first kappa shape index (κ1) is 85.2. The molecule has 0 N–H and O–H groups in total. The van der Waals surface area contributed by atoms with Crippen molar-refractivity contribution in [2.75, 3.05) is 0 Å². The Labute approximate surface area is 775 Å². The normalized spacial score (nSPS) is 11.2. The van der Waals surface area contributed by atoms with E-state index in [1.165, 1.54) is 119 Å². The van der Waals surface area contributed by atoms with Gasteiger partial charge in [-0.25, -0.2) is 13.9 Å². The highest BCUT2D eigenvalue weighted by atomic mass is 32.1. The maximum atomic E-state index is 5.71. The van der Waals surface area contributed by atoms with Gasteiger partial charge in [-0.1, -0.05) is 168 Å². The molecule has 10 aromatic carbocycles. The number of aromatic nitrogens is 12. The third-order valence-corrected chi connectivity index (χ3v) is 27.7. The minimum atomic E-state index is 0.663. The van der Waals surface area contributed by atoms with E-state index in [0.29, 0.717) is 11.0 Å². The molecule has 0 fully saturated rings. The Bertz CT molecular complexity index is 6880. The topological polar surface area (TPSA) is 247 Å². The molecule has 0 bridgehead atoms. The summed E-state index contributed by atoms with van der Waals surface area (Å²) < 4.78 is 64.8. The van der Waals surface area contributed by atoms with Crippen LogP contribution in [0.1, 0.15) is 64.8 Å². The van der Waals surface area contributed by atoms with E-state index >= 15 is 0 Å². The first-order valence-electron chi connectivity index (χ1n) is 41.7. The lowest BCUT2D eigenvalue weighted by molar-refractivity contribution is 0.315. The largest absolute Gasteiger partial charge is 0.461 e. The fourth-order valence-electron chi connectivity index (χ4n) is 15.3. The van der Waals surface area contributed by atoms with Crippen molar-refractivity contribution in [3.05, 3.63) is 332 Å². The maximum absolute atomic E-state index is 5.71. The fraction of sp³-hybridized carbons (Fsp3) is 0.115. The highest BCUT2D eigenvalue weighted by Crippen LogP contribution is 2.45. The number of fused-ring (bicyclic) bond motifs is 6. The molecule has 0 aliphatic carbocycles. The van der Waals surface area contributed by atoms with E-state index in [0.717, 1.165) is 168 Å². The van der Waals surface area contributed by atoms with Crippen molar-refractivity contribution in [2.45, 2.75) is 83.1 Å². The number of thiophene rings is 4.